The van der Waals surface area contributed by atoms with E-state index in [4.69, 9.17) is 9.15 Å². The van der Waals surface area contributed by atoms with Gasteiger partial charge >= 0.3 is 0 Å². The number of carbonyl (C=O) groups is 1. The van der Waals surface area contributed by atoms with Gasteiger partial charge in [0, 0.05) is 37.3 Å². The highest BCUT2D eigenvalue weighted by Crippen LogP contribution is 2.23. The molecule has 1 unspecified atom stereocenters. The molecule has 1 aromatic carbocycles. The van der Waals surface area contributed by atoms with Crippen LogP contribution >= 0.6 is 0 Å². The summed E-state index contributed by atoms with van der Waals surface area (Å²) in [4.78, 5) is 24.8. The highest BCUT2D eigenvalue weighted by atomic mass is 16.6. The topological polar surface area (TPSA) is 97.8 Å². The molecule has 1 atom stereocenters. The monoisotopic (exact) mass is 359 g/mol. The van der Waals surface area contributed by atoms with Crippen LogP contribution in [0.15, 0.2) is 40.8 Å². The van der Waals surface area contributed by atoms with E-state index in [1.54, 1.807) is 0 Å². The number of non-ortho nitro benzene ring substituents is 1. The number of nitro benzene ring substituents is 1. The van der Waals surface area contributed by atoms with Gasteiger partial charge in [-0.3, -0.25) is 19.8 Å². The van der Waals surface area contributed by atoms with Gasteiger partial charge in [0.1, 0.15) is 11.5 Å². The first-order valence-corrected chi connectivity index (χ1v) is 8.45. The molecule has 3 rings (SSSR count). The minimum Gasteiger partial charge on any atom is -0.465 e. The van der Waals surface area contributed by atoms with Crippen LogP contribution in [0.5, 0.6) is 0 Å². The highest BCUT2D eigenvalue weighted by Gasteiger charge is 2.26. The largest absolute Gasteiger partial charge is 0.465 e. The fourth-order valence-corrected chi connectivity index (χ4v) is 2.96. The lowest BCUT2D eigenvalue weighted by Crippen LogP contribution is -2.43. The van der Waals surface area contributed by atoms with Gasteiger partial charge in [-0.2, -0.15) is 0 Å². The Labute approximate surface area is 150 Å². The van der Waals surface area contributed by atoms with Gasteiger partial charge in [-0.15, -0.1) is 0 Å². The van der Waals surface area contributed by atoms with Crippen molar-refractivity contribution in [3.8, 4) is 0 Å². The summed E-state index contributed by atoms with van der Waals surface area (Å²) in [5.74, 6) is 1.34. The molecule has 1 amide bonds. The maximum atomic E-state index is 12.4. The maximum absolute atomic E-state index is 12.4. The molecule has 8 heteroatoms. The highest BCUT2D eigenvalue weighted by molar-refractivity contribution is 5.94. The van der Waals surface area contributed by atoms with Crippen LogP contribution in [0.1, 0.15) is 27.9 Å². The number of nitro groups is 1. The molecule has 8 nitrogen and oxygen atoms in total. The number of hydrogen-bond acceptors (Lipinski definition) is 6. The van der Waals surface area contributed by atoms with Crippen molar-refractivity contribution in [3.63, 3.8) is 0 Å². The van der Waals surface area contributed by atoms with E-state index in [-0.39, 0.29) is 17.6 Å². The third kappa shape index (κ3) is 4.27. The molecule has 1 aliphatic heterocycles. The Kier molecular flexibility index (Phi) is 5.65. The van der Waals surface area contributed by atoms with E-state index >= 15 is 0 Å². The average Bonchev–Trinajstić information content (AvgIpc) is 3.09. The Hall–Kier alpha value is -2.71. The van der Waals surface area contributed by atoms with Crippen LogP contribution in [0.3, 0.4) is 0 Å². The smallest absolute Gasteiger partial charge is 0.269 e. The van der Waals surface area contributed by atoms with Crippen molar-refractivity contribution in [2.24, 2.45) is 0 Å². The fraction of sp³-hybridized carbons (Fsp3) is 0.389. The number of ether oxygens (including phenoxy) is 1. The zero-order valence-electron chi connectivity index (χ0n) is 14.5. The SMILES string of the molecule is Cc1ccc(C(CNC(=O)c2ccc([N+](=O)[O-])cc2)N2CCOCC2)o1. The second-order valence-corrected chi connectivity index (χ2v) is 6.13. The Morgan fingerprint density at radius 2 is 1.92 bits per heavy atom. The lowest BCUT2D eigenvalue weighted by atomic mass is 10.1. The Bertz CT molecular complexity index is 765. The molecule has 138 valence electrons. The van der Waals surface area contributed by atoms with Crippen LogP contribution < -0.4 is 5.32 Å². The molecule has 1 N–H and O–H groups in total. The summed E-state index contributed by atoms with van der Waals surface area (Å²) in [5, 5.41) is 13.6. The van der Waals surface area contributed by atoms with E-state index in [1.807, 2.05) is 19.1 Å². The van der Waals surface area contributed by atoms with Crippen molar-refractivity contribution in [1.82, 2.24) is 10.2 Å². The van der Waals surface area contributed by atoms with Crippen molar-refractivity contribution in [2.75, 3.05) is 32.8 Å². The second-order valence-electron chi connectivity index (χ2n) is 6.13. The number of rotatable bonds is 6. The van der Waals surface area contributed by atoms with E-state index in [1.165, 1.54) is 24.3 Å². The Morgan fingerprint density at radius 3 is 2.50 bits per heavy atom. The lowest BCUT2D eigenvalue weighted by Gasteiger charge is -2.33. The minimum absolute atomic E-state index is 0.0428. The molecular formula is C18H21N3O5. The zero-order chi connectivity index (χ0) is 18.5. The number of carbonyl (C=O) groups excluding carboxylic acids is 1. The molecule has 1 fully saturated rings. The normalized spacial score (nSPS) is 16.2. The van der Waals surface area contributed by atoms with Crippen LogP contribution in [-0.4, -0.2) is 48.6 Å². The molecule has 0 aliphatic carbocycles. The lowest BCUT2D eigenvalue weighted by molar-refractivity contribution is -0.384. The summed E-state index contributed by atoms with van der Waals surface area (Å²) in [6.07, 6.45) is 0. The first-order valence-electron chi connectivity index (χ1n) is 8.45. The Balaban J connectivity index is 1.68. The van der Waals surface area contributed by atoms with Gasteiger partial charge in [-0.05, 0) is 31.2 Å². The number of nitrogens with zero attached hydrogens (tertiary/aromatic N) is 2. The summed E-state index contributed by atoms with van der Waals surface area (Å²) < 4.78 is 11.2. The molecule has 26 heavy (non-hydrogen) atoms. The third-order valence-corrected chi connectivity index (χ3v) is 4.37. The average molecular weight is 359 g/mol. The predicted octanol–water partition coefficient (Wildman–Crippen LogP) is 2.30. The molecule has 0 spiro atoms. The van der Waals surface area contributed by atoms with Crippen molar-refractivity contribution in [2.45, 2.75) is 13.0 Å². The number of aryl methyl sites for hydroxylation is 1. The molecular weight excluding hydrogens is 338 g/mol. The maximum Gasteiger partial charge on any atom is 0.269 e. The first kappa shape index (κ1) is 18.1. The summed E-state index contributed by atoms with van der Waals surface area (Å²) in [7, 11) is 0. The zero-order valence-corrected chi connectivity index (χ0v) is 14.5. The summed E-state index contributed by atoms with van der Waals surface area (Å²) >= 11 is 0. The number of nitrogens with one attached hydrogen (secondary N) is 1. The molecule has 0 bridgehead atoms. The van der Waals surface area contributed by atoms with Gasteiger partial charge in [0.05, 0.1) is 24.2 Å². The number of furan rings is 1. The molecule has 2 aromatic rings. The van der Waals surface area contributed by atoms with E-state index in [0.717, 1.165) is 24.6 Å². The van der Waals surface area contributed by atoms with Crippen molar-refractivity contribution >= 4 is 11.6 Å². The minimum atomic E-state index is -0.491. The molecule has 1 saturated heterocycles. The van der Waals surface area contributed by atoms with Crippen molar-refractivity contribution in [1.29, 1.82) is 0 Å². The van der Waals surface area contributed by atoms with E-state index in [2.05, 4.69) is 10.2 Å². The predicted molar refractivity (Wildman–Crippen MR) is 94.0 cm³/mol. The van der Waals surface area contributed by atoms with Gasteiger partial charge in [0.15, 0.2) is 0 Å². The van der Waals surface area contributed by atoms with Gasteiger partial charge < -0.3 is 14.5 Å². The standard InChI is InChI=1S/C18H21N3O5/c1-13-2-7-17(26-13)16(20-8-10-25-11-9-20)12-19-18(22)14-3-5-15(6-4-14)21(23)24/h2-7,16H,8-12H2,1H3,(H,19,22). The van der Waals surface area contributed by atoms with Crippen LogP contribution in [0, 0.1) is 17.0 Å². The number of hydrogen-bond donors (Lipinski definition) is 1. The van der Waals surface area contributed by atoms with Gasteiger partial charge in [0.25, 0.3) is 11.6 Å². The molecule has 1 aliphatic rings. The van der Waals surface area contributed by atoms with Gasteiger partial charge in [-0.25, -0.2) is 0 Å². The first-order chi connectivity index (χ1) is 12.5. The van der Waals surface area contributed by atoms with Crippen LogP contribution in [-0.2, 0) is 4.74 Å². The number of morpholine rings is 1. The summed E-state index contributed by atoms with van der Waals surface area (Å²) in [6, 6.07) is 9.29. The van der Waals surface area contributed by atoms with Crippen molar-refractivity contribution < 1.29 is 18.9 Å². The fourth-order valence-electron chi connectivity index (χ4n) is 2.96. The van der Waals surface area contributed by atoms with Crippen LogP contribution in [0.2, 0.25) is 0 Å². The molecule has 0 saturated carbocycles. The van der Waals surface area contributed by atoms with Crippen LogP contribution in [0.4, 0.5) is 5.69 Å². The second kappa shape index (κ2) is 8.11. The van der Waals surface area contributed by atoms with E-state index < -0.39 is 4.92 Å². The third-order valence-electron chi connectivity index (χ3n) is 4.37. The van der Waals surface area contributed by atoms with E-state index in [9.17, 15) is 14.9 Å². The summed E-state index contributed by atoms with van der Waals surface area (Å²) in [6.45, 7) is 5.08. The number of benzene rings is 1. The molecule has 2 heterocycles. The quantitative estimate of drug-likeness (QED) is 0.628. The Morgan fingerprint density at radius 1 is 1.23 bits per heavy atom. The van der Waals surface area contributed by atoms with E-state index in [0.29, 0.717) is 25.3 Å². The molecule has 1 aromatic heterocycles. The van der Waals surface area contributed by atoms with Crippen molar-refractivity contribution in [3.05, 3.63) is 63.6 Å². The summed E-state index contributed by atoms with van der Waals surface area (Å²) in [5.41, 5.74) is 0.339. The van der Waals surface area contributed by atoms with Gasteiger partial charge in [0.2, 0.25) is 0 Å². The van der Waals surface area contributed by atoms with Gasteiger partial charge in [-0.1, -0.05) is 0 Å². The number of amides is 1. The van der Waals surface area contributed by atoms with Crippen LogP contribution in [0.25, 0.3) is 0 Å². The molecule has 0 radical (unpaired) electrons.